The first kappa shape index (κ1) is 18.3. The molecule has 0 radical (unpaired) electrons. The molecule has 1 aliphatic rings. The lowest BCUT2D eigenvalue weighted by atomic mass is 10.1. The van der Waals surface area contributed by atoms with Crippen LogP contribution >= 0.6 is 0 Å². The number of hydrogen-bond donors (Lipinski definition) is 1. The molecule has 1 saturated heterocycles. The molecule has 28 heavy (non-hydrogen) atoms. The van der Waals surface area contributed by atoms with Gasteiger partial charge in [-0.25, -0.2) is 4.68 Å². The fourth-order valence-corrected chi connectivity index (χ4v) is 3.45. The Morgan fingerprint density at radius 3 is 2.39 bits per heavy atom. The molecular weight excluding hydrogens is 354 g/mol. The minimum atomic E-state index is -0.319. The molecule has 2 heterocycles. The van der Waals surface area contributed by atoms with Crippen LogP contribution in [0, 0.1) is 0 Å². The van der Waals surface area contributed by atoms with E-state index < -0.39 is 0 Å². The number of likely N-dealkylation sites (tertiary alicyclic amines) is 1. The molecule has 1 aliphatic heterocycles. The Hall–Kier alpha value is -3.12. The highest BCUT2D eigenvalue weighted by atomic mass is 16.5. The minimum absolute atomic E-state index is 0.101. The van der Waals surface area contributed by atoms with E-state index >= 15 is 0 Å². The van der Waals surface area contributed by atoms with Crippen molar-refractivity contribution in [3.63, 3.8) is 0 Å². The molecule has 6 heteroatoms. The summed E-state index contributed by atoms with van der Waals surface area (Å²) in [6.45, 7) is 1.10. The van der Waals surface area contributed by atoms with Crippen LogP contribution in [-0.2, 0) is 0 Å². The summed E-state index contributed by atoms with van der Waals surface area (Å²) in [5, 5.41) is 14.3. The topological polar surface area (TPSA) is 67.6 Å². The van der Waals surface area contributed by atoms with Crippen molar-refractivity contribution >= 4 is 5.91 Å². The van der Waals surface area contributed by atoms with Crippen molar-refractivity contribution in [2.75, 3.05) is 20.2 Å². The molecule has 144 valence electrons. The van der Waals surface area contributed by atoms with Gasteiger partial charge in [-0.2, -0.15) is 5.10 Å². The number of carbonyl (C=O) groups excluding carboxylic acids is 1. The fraction of sp³-hybridized carbons (Fsp3) is 0.273. The van der Waals surface area contributed by atoms with Crippen molar-refractivity contribution < 1.29 is 14.6 Å². The largest absolute Gasteiger partial charge is 0.497 e. The van der Waals surface area contributed by atoms with Gasteiger partial charge < -0.3 is 14.7 Å². The number of nitrogens with zero attached hydrogens (tertiary/aromatic N) is 3. The van der Waals surface area contributed by atoms with Crippen molar-refractivity contribution in [3.05, 3.63) is 66.4 Å². The van der Waals surface area contributed by atoms with E-state index in [1.807, 2.05) is 60.7 Å². The van der Waals surface area contributed by atoms with E-state index in [1.54, 1.807) is 16.7 Å². The Balaban J connectivity index is 1.72. The van der Waals surface area contributed by atoms with Crippen LogP contribution in [0.2, 0.25) is 0 Å². The van der Waals surface area contributed by atoms with E-state index in [-0.39, 0.29) is 12.0 Å². The van der Waals surface area contributed by atoms with E-state index in [2.05, 4.69) is 5.10 Å². The highest BCUT2D eigenvalue weighted by molar-refractivity contribution is 5.93. The molecule has 0 spiro atoms. The molecule has 2 aromatic carbocycles. The quantitative estimate of drug-likeness (QED) is 0.758. The Labute approximate surface area is 164 Å². The number of aliphatic hydroxyl groups is 1. The Kier molecular flexibility index (Phi) is 5.12. The first-order valence-corrected chi connectivity index (χ1v) is 9.43. The first-order chi connectivity index (χ1) is 13.7. The van der Waals surface area contributed by atoms with Gasteiger partial charge in [0.05, 0.1) is 24.6 Å². The summed E-state index contributed by atoms with van der Waals surface area (Å²) >= 11 is 0. The van der Waals surface area contributed by atoms with Gasteiger partial charge in [-0.1, -0.05) is 30.3 Å². The molecule has 0 bridgehead atoms. The molecular formula is C22H23N3O3. The molecule has 1 amide bonds. The zero-order chi connectivity index (χ0) is 19.5. The van der Waals surface area contributed by atoms with E-state index in [0.717, 1.165) is 22.7 Å². The van der Waals surface area contributed by atoms with Crippen molar-refractivity contribution in [2.45, 2.75) is 18.9 Å². The summed E-state index contributed by atoms with van der Waals surface area (Å²) in [5.74, 6) is 0.664. The summed E-state index contributed by atoms with van der Waals surface area (Å²) < 4.78 is 7.03. The maximum atomic E-state index is 13.0. The smallest absolute Gasteiger partial charge is 0.274 e. The van der Waals surface area contributed by atoms with Gasteiger partial charge in [-0.15, -0.1) is 0 Å². The van der Waals surface area contributed by atoms with Gasteiger partial charge in [-0.3, -0.25) is 4.79 Å². The van der Waals surface area contributed by atoms with Crippen LogP contribution in [-0.4, -0.2) is 52.0 Å². The number of benzene rings is 2. The average molecular weight is 377 g/mol. The third-order valence-corrected chi connectivity index (χ3v) is 5.07. The predicted molar refractivity (Wildman–Crippen MR) is 107 cm³/mol. The maximum absolute atomic E-state index is 13.0. The van der Waals surface area contributed by atoms with E-state index in [4.69, 9.17) is 4.74 Å². The zero-order valence-electron chi connectivity index (χ0n) is 15.8. The number of amides is 1. The van der Waals surface area contributed by atoms with E-state index in [9.17, 15) is 9.90 Å². The Bertz CT molecular complexity index is 943. The van der Waals surface area contributed by atoms with Crippen molar-refractivity contribution in [2.24, 2.45) is 0 Å². The van der Waals surface area contributed by atoms with Crippen molar-refractivity contribution in [3.8, 4) is 22.7 Å². The summed E-state index contributed by atoms with van der Waals surface area (Å²) in [6.07, 6.45) is 0.897. The van der Waals surface area contributed by atoms with Gasteiger partial charge in [0.1, 0.15) is 5.75 Å². The molecule has 0 aliphatic carbocycles. The third kappa shape index (κ3) is 3.64. The number of ether oxygens (including phenoxy) is 1. The van der Waals surface area contributed by atoms with Gasteiger partial charge >= 0.3 is 0 Å². The summed E-state index contributed by atoms with van der Waals surface area (Å²) in [4.78, 5) is 14.7. The second-order valence-electron chi connectivity index (χ2n) is 6.91. The highest BCUT2D eigenvalue weighted by Crippen LogP contribution is 2.26. The first-order valence-electron chi connectivity index (χ1n) is 9.43. The second kappa shape index (κ2) is 7.86. The predicted octanol–water partition coefficient (Wildman–Crippen LogP) is 3.14. The van der Waals surface area contributed by atoms with Crippen LogP contribution in [0.3, 0.4) is 0 Å². The number of carbonyl (C=O) groups is 1. The summed E-state index contributed by atoms with van der Waals surface area (Å²) in [6, 6.07) is 19.3. The van der Waals surface area contributed by atoms with Crippen LogP contribution in [0.25, 0.3) is 16.9 Å². The van der Waals surface area contributed by atoms with Gasteiger partial charge in [0.2, 0.25) is 0 Å². The molecule has 0 unspecified atom stereocenters. The summed E-state index contributed by atoms with van der Waals surface area (Å²) in [5.41, 5.74) is 3.10. The van der Waals surface area contributed by atoms with Gasteiger partial charge in [0, 0.05) is 18.7 Å². The van der Waals surface area contributed by atoms with Gasteiger partial charge in [-0.05, 0) is 43.2 Å². The Morgan fingerprint density at radius 1 is 1.07 bits per heavy atom. The lowest BCUT2D eigenvalue weighted by Gasteiger charge is -2.28. The molecule has 4 rings (SSSR count). The number of piperidine rings is 1. The van der Waals surface area contributed by atoms with Crippen LogP contribution < -0.4 is 4.74 Å². The number of hydrogen-bond acceptors (Lipinski definition) is 4. The standard InChI is InChI=1S/C22H23N3O3/c1-28-19-9-7-17(8-10-19)25-21(16-5-3-2-4-6-16)15-20(23-25)22(27)24-13-11-18(26)12-14-24/h2-10,15,18,26H,11-14H2,1H3. The maximum Gasteiger partial charge on any atom is 0.274 e. The fourth-order valence-electron chi connectivity index (χ4n) is 3.45. The molecule has 1 fully saturated rings. The number of aliphatic hydroxyl groups excluding tert-OH is 1. The number of methoxy groups -OCH3 is 1. The lowest BCUT2D eigenvalue weighted by Crippen LogP contribution is -2.40. The number of rotatable bonds is 4. The number of aromatic nitrogens is 2. The Morgan fingerprint density at radius 2 is 1.75 bits per heavy atom. The monoisotopic (exact) mass is 377 g/mol. The normalized spacial score (nSPS) is 14.9. The molecule has 3 aromatic rings. The van der Waals surface area contributed by atoms with E-state index in [0.29, 0.717) is 31.6 Å². The van der Waals surface area contributed by atoms with Crippen LogP contribution in [0.15, 0.2) is 60.7 Å². The molecule has 1 N–H and O–H groups in total. The molecule has 0 saturated carbocycles. The van der Waals surface area contributed by atoms with Crippen molar-refractivity contribution in [1.29, 1.82) is 0 Å². The molecule has 0 atom stereocenters. The van der Waals surface area contributed by atoms with Crippen LogP contribution in [0.4, 0.5) is 0 Å². The summed E-state index contributed by atoms with van der Waals surface area (Å²) in [7, 11) is 1.63. The van der Waals surface area contributed by atoms with Gasteiger partial charge in [0.15, 0.2) is 5.69 Å². The van der Waals surface area contributed by atoms with Crippen molar-refractivity contribution in [1.82, 2.24) is 14.7 Å². The van der Waals surface area contributed by atoms with Gasteiger partial charge in [0.25, 0.3) is 5.91 Å². The molecule has 6 nitrogen and oxygen atoms in total. The average Bonchev–Trinajstić information content (AvgIpc) is 3.20. The second-order valence-corrected chi connectivity index (χ2v) is 6.91. The SMILES string of the molecule is COc1ccc(-n2nc(C(=O)N3CCC(O)CC3)cc2-c2ccccc2)cc1. The molecule has 1 aromatic heterocycles. The van der Waals surface area contributed by atoms with Crippen LogP contribution in [0.5, 0.6) is 5.75 Å². The third-order valence-electron chi connectivity index (χ3n) is 5.07. The van der Waals surface area contributed by atoms with Crippen LogP contribution in [0.1, 0.15) is 23.3 Å². The minimum Gasteiger partial charge on any atom is -0.497 e. The zero-order valence-corrected chi connectivity index (χ0v) is 15.8. The highest BCUT2D eigenvalue weighted by Gasteiger charge is 2.25. The lowest BCUT2D eigenvalue weighted by molar-refractivity contribution is 0.0541. The van der Waals surface area contributed by atoms with E-state index in [1.165, 1.54) is 0 Å².